The molecule has 21 heavy (non-hydrogen) atoms. The molecule has 0 unspecified atom stereocenters. The van der Waals surface area contributed by atoms with Crippen LogP contribution in [0.2, 0.25) is 0 Å². The standard InChI is InChI=1S/C14H13FN2O4/c1-8-7-17(16-12(13(8)18)14(19)21-3)9-4-5-10(15)11(6-9)20-2/h4-7H,1-3H3. The van der Waals surface area contributed by atoms with Crippen LogP contribution in [0.15, 0.2) is 29.2 Å². The second-order valence-corrected chi connectivity index (χ2v) is 4.24. The molecule has 1 aromatic carbocycles. The molecule has 0 aliphatic rings. The monoisotopic (exact) mass is 292 g/mol. The molecule has 2 aromatic rings. The van der Waals surface area contributed by atoms with Crippen LogP contribution in [0.5, 0.6) is 5.75 Å². The van der Waals surface area contributed by atoms with Crippen LogP contribution < -0.4 is 10.2 Å². The third kappa shape index (κ3) is 2.76. The smallest absolute Gasteiger partial charge is 0.362 e. The summed E-state index contributed by atoms with van der Waals surface area (Å²) in [4.78, 5) is 23.4. The molecule has 0 aliphatic heterocycles. The number of halogens is 1. The number of methoxy groups -OCH3 is 2. The first-order chi connectivity index (χ1) is 9.97. The molecular formula is C14H13FN2O4. The first kappa shape index (κ1) is 14.7. The topological polar surface area (TPSA) is 70.4 Å². The fourth-order valence-electron chi connectivity index (χ4n) is 1.76. The lowest BCUT2D eigenvalue weighted by molar-refractivity contribution is 0.0590. The second-order valence-electron chi connectivity index (χ2n) is 4.24. The van der Waals surface area contributed by atoms with Crippen molar-refractivity contribution in [2.45, 2.75) is 6.92 Å². The number of aromatic nitrogens is 2. The Balaban J connectivity index is 2.62. The molecule has 7 heteroatoms. The molecule has 110 valence electrons. The first-order valence-corrected chi connectivity index (χ1v) is 6.00. The molecule has 0 saturated carbocycles. The summed E-state index contributed by atoms with van der Waals surface area (Å²) in [5.41, 5.74) is -0.0804. The van der Waals surface area contributed by atoms with Crippen LogP contribution in [0.1, 0.15) is 16.1 Å². The van der Waals surface area contributed by atoms with Gasteiger partial charge in [0.25, 0.3) is 0 Å². The van der Waals surface area contributed by atoms with Crippen LogP contribution >= 0.6 is 0 Å². The van der Waals surface area contributed by atoms with Crippen molar-refractivity contribution >= 4 is 5.97 Å². The summed E-state index contributed by atoms with van der Waals surface area (Å²) in [5, 5.41) is 3.93. The van der Waals surface area contributed by atoms with Gasteiger partial charge in [-0.1, -0.05) is 0 Å². The predicted molar refractivity (Wildman–Crippen MR) is 72.4 cm³/mol. The van der Waals surface area contributed by atoms with E-state index in [-0.39, 0.29) is 11.4 Å². The third-order valence-corrected chi connectivity index (χ3v) is 2.87. The summed E-state index contributed by atoms with van der Waals surface area (Å²) in [6, 6.07) is 4.07. The van der Waals surface area contributed by atoms with Gasteiger partial charge >= 0.3 is 5.97 Å². The van der Waals surface area contributed by atoms with Gasteiger partial charge in [-0.15, -0.1) is 0 Å². The number of esters is 1. The molecule has 6 nitrogen and oxygen atoms in total. The van der Waals surface area contributed by atoms with E-state index >= 15 is 0 Å². The quantitative estimate of drug-likeness (QED) is 0.801. The van der Waals surface area contributed by atoms with E-state index in [1.54, 1.807) is 6.92 Å². The Morgan fingerprint density at radius 3 is 2.67 bits per heavy atom. The zero-order valence-corrected chi connectivity index (χ0v) is 11.7. The number of carbonyl (C=O) groups excluding carboxylic acids is 1. The number of aryl methyl sites for hydroxylation is 1. The van der Waals surface area contributed by atoms with Gasteiger partial charge in [0.1, 0.15) is 0 Å². The number of carbonyl (C=O) groups is 1. The van der Waals surface area contributed by atoms with E-state index < -0.39 is 17.2 Å². The summed E-state index contributed by atoms with van der Waals surface area (Å²) < 4.78 is 24.1. The van der Waals surface area contributed by atoms with Crippen LogP contribution in [0.4, 0.5) is 4.39 Å². The lowest BCUT2D eigenvalue weighted by Gasteiger charge is -2.10. The Morgan fingerprint density at radius 2 is 2.05 bits per heavy atom. The van der Waals surface area contributed by atoms with Gasteiger partial charge in [-0.3, -0.25) is 4.79 Å². The molecule has 0 fully saturated rings. The van der Waals surface area contributed by atoms with Gasteiger partial charge in [-0.2, -0.15) is 5.10 Å². The average Bonchev–Trinajstić information content (AvgIpc) is 2.49. The molecule has 0 bridgehead atoms. The van der Waals surface area contributed by atoms with E-state index in [9.17, 15) is 14.0 Å². The highest BCUT2D eigenvalue weighted by molar-refractivity contribution is 5.87. The number of ether oxygens (including phenoxy) is 2. The first-order valence-electron chi connectivity index (χ1n) is 6.00. The van der Waals surface area contributed by atoms with Crippen molar-refractivity contribution in [3.63, 3.8) is 0 Å². The van der Waals surface area contributed by atoms with Gasteiger partial charge in [-0.25, -0.2) is 13.9 Å². The highest BCUT2D eigenvalue weighted by atomic mass is 19.1. The van der Waals surface area contributed by atoms with Crippen molar-refractivity contribution in [1.29, 1.82) is 0 Å². The van der Waals surface area contributed by atoms with Gasteiger partial charge in [0.2, 0.25) is 11.1 Å². The zero-order valence-electron chi connectivity index (χ0n) is 11.7. The average molecular weight is 292 g/mol. The summed E-state index contributed by atoms with van der Waals surface area (Å²) in [6.07, 6.45) is 1.45. The van der Waals surface area contributed by atoms with Gasteiger partial charge in [-0.05, 0) is 19.1 Å². The van der Waals surface area contributed by atoms with Crippen molar-refractivity contribution < 1.29 is 18.7 Å². The molecule has 0 spiro atoms. The van der Waals surface area contributed by atoms with Crippen LogP contribution in [-0.4, -0.2) is 30.0 Å². The van der Waals surface area contributed by atoms with Crippen LogP contribution in [0, 0.1) is 12.7 Å². The lowest BCUT2D eigenvalue weighted by Crippen LogP contribution is -2.24. The van der Waals surface area contributed by atoms with Crippen LogP contribution in [-0.2, 0) is 4.74 Å². The molecule has 1 aromatic heterocycles. The SMILES string of the molecule is COC(=O)c1nn(-c2ccc(F)c(OC)c2)cc(C)c1=O. The van der Waals surface area contributed by atoms with Crippen molar-refractivity contribution in [2.75, 3.05) is 14.2 Å². The highest BCUT2D eigenvalue weighted by Gasteiger charge is 2.16. The normalized spacial score (nSPS) is 10.3. The molecule has 1 heterocycles. The van der Waals surface area contributed by atoms with Crippen molar-refractivity contribution in [3.8, 4) is 11.4 Å². The fourth-order valence-corrected chi connectivity index (χ4v) is 1.76. The third-order valence-electron chi connectivity index (χ3n) is 2.87. The Kier molecular flexibility index (Phi) is 4.02. The van der Waals surface area contributed by atoms with Crippen molar-refractivity contribution in [2.24, 2.45) is 0 Å². The summed E-state index contributed by atoms with van der Waals surface area (Å²) in [5.74, 6) is -1.32. The Hall–Kier alpha value is -2.70. The summed E-state index contributed by atoms with van der Waals surface area (Å²) >= 11 is 0. The molecule has 0 amide bonds. The molecular weight excluding hydrogens is 279 g/mol. The van der Waals surface area contributed by atoms with E-state index in [2.05, 4.69) is 9.84 Å². The van der Waals surface area contributed by atoms with Crippen LogP contribution in [0.25, 0.3) is 5.69 Å². The molecule has 0 radical (unpaired) electrons. The minimum absolute atomic E-state index is 0.0327. The number of rotatable bonds is 3. The summed E-state index contributed by atoms with van der Waals surface area (Å²) in [6.45, 7) is 1.55. The van der Waals surface area contributed by atoms with E-state index in [1.807, 2.05) is 0 Å². The molecule has 0 N–H and O–H groups in total. The Labute approximate surface area is 119 Å². The van der Waals surface area contributed by atoms with E-state index in [1.165, 1.54) is 36.2 Å². The number of benzene rings is 1. The number of hydrogen-bond acceptors (Lipinski definition) is 5. The van der Waals surface area contributed by atoms with Gasteiger partial charge in [0, 0.05) is 17.8 Å². The van der Waals surface area contributed by atoms with Crippen molar-refractivity contribution in [3.05, 3.63) is 51.7 Å². The maximum atomic E-state index is 13.4. The van der Waals surface area contributed by atoms with E-state index in [0.717, 1.165) is 7.11 Å². The summed E-state index contributed by atoms with van der Waals surface area (Å²) in [7, 11) is 2.50. The van der Waals surface area contributed by atoms with Gasteiger partial charge < -0.3 is 9.47 Å². The van der Waals surface area contributed by atoms with E-state index in [4.69, 9.17) is 4.74 Å². The minimum atomic E-state index is -0.827. The largest absolute Gasteiger partial charge is 0.494 e. The molecule has 0 aliphatic carbocycles. The molecule has 0 atom stereocenters. The number of nitrogens with zero attached hydrogens (tertiary/aromatic N) is 2. The van der Waals surface area contributed by atoms with Crippen LogP contribution in [0.3, 0.4) is 0 Å². The highest BCUT2D eigenvalue weighted by Crippen LogP contribution is 2.20. The maximum Gasteiger partial charge on any atom is 0.362 e. The lowest BCUT2D eigenvalue weighted by atomic mass is 10.2. The molecule has 2 rings (SSSR count). The Bertz CT molecular complexity index is 755. The minimum Gasteiger partial charge on any atom is -0.494 e. The van der Waals surface area contributed by atoms with E-state index in [0.29, 0.717) is 11.3 Å². The Morgan fingerprint density at radius 1 is 1.33 bits per heavy atom. The van der Waals surface area contributed by atoms with Gasteiger partial charge in [0.05, 0.1) is 19.9 Å². The second kappa shape index (κ2) is 5.74. The van der Waals surface area contributed by atoms with Crippen molar-refractivity contribution in [1.82, 2.24) is 9.78 Å². The fraction of sp³-hybridized carbons (Fsp3) is 0.214. The maximum absolute atomic E-state index is 13.4. The zero-order chi connectivity index (χ0) is 15.6. The molecule has 0 saturated heterocycles. The predicted octanol–water partition coefficient (Wildman–Crippen LogP) is 1.48. The van der Waals surface area contributed by atoms with Gasteiger partial charge in [0.15, 0.2) is 11.6 Å². The number of hydrogen-bond donors (Lipinski definition) is 0.